The first-order valence-electron chi connectivity index (χ1n) is 9.95. The summed E-state index contributed by atoms with van der Waals surface area (Å²) in [5.74, 6) is -0.305. The summed E-state index contributed by atoms with van der Waals surface area (Å²) in [6.45, 7) is 3.81. The molecular weight excluding hydrogens is 453 g/mol. The zero-order valence-corrected chi connectivity index (χ0v) is 19.4. The smallest absolute Gasteiger partial charge is 0.283 e. The first kappa shape index (κ1) is 21.9. The molecule has 1 fully saturated rings. The van der Waals surface area contributed by atoms with E-state index in [1.165, 1.54) is 11.8 Å². The Balaban J connectivity index is 1.65. The van der Waals surface area contributed by atoms with Crippen LogP contribution in [0, 0.1) is 6.92 Å². The lowest BCUT2D eigenvalue weighted by Gasteiger charge is -2.20. The molecule has 31 heavy (non-hydrogen) atoms. The molecule has 1 N–H and O–H groups in total. The number of rotatable bonds is 5. The fraction of sp³-hybridized carbons (Fsp3) is 0.261. The molecule has 8 heteroatoms. The van der Waals surface area contributed by atoms with Crippen LogP contribution in [0.5, 0.6) is 0 Å². The van der Waals surface area contributed by atoms with Crippen LogP contribution in [0.25, 0.3) is 6.08 Å². The van der Waals surface area contributed by atoms with Gasteiger partial charge in [0.1, 0.15) is 5.70 Å². The molecule has 0 radical (unpaired) electrons. The minimum atomic E-state index is -0.385. The minimum Gasteiger partial charge on any atom is -0.352 e. The third-order valence-corrected chi connectivity index (χ3v) is 6.74. The molecule has 0 spiro atoms. The van der Waals surface area contributed by atoms with Crippen molar-refractivity contribution < 1.29 is 9.59 Å². The molecule has 5 nitrogen and oxygen atoms in total. The third-order valence-electron chi connectivity index (χ3n) is 4.94. The Labute approximate surface area is 195 Å². The average Bonchev–Trinajstić information content (AvgIpc) is 3.50. The van der Waals surface area contributed by atoms with Crippen molar-refractivity contribution in [3.63, 3.8) is 0 Å². The lowest BCUT2D eigenvalue weighted by atomic mass is 10.2. The molecule has 0 saturated heterocycles. The van der Waals surface area contributed by atoms with Gasteiger partial charge in [-0.3, -0.25) is 14.5 Å². The van der Waals surface area contributed by atoms with Crippen molar-refractivity contribution in [1.29, 1.82) is 0 Å². The van der Waals surface area contributed by atoms with Gasteiger partial charge in [0, 0.05) is 6.04 Å². The number of nitrogens with zero attached hydrogens (tertiary/aromatic N) is 2. The molecule has 1 heterocycles. The zero-order valence-electron chi connectivity index (χ0n) is 17.1. The van der Waals surface area contributed by atoms with E-state index in [2.05, 4.69) is 10.3 Å². The van der Waals surface area contributed by atoms with Crippen LogP contribution in [0.2, 0.25) is 10.0 Å². The highest BCUT2D eigenvalue weighted by atomic mass is 35.5. The predicted octanol–water partition coefficient (Wildman–Crippen LogP) is 5.45. The Morgan fingerprint density at radius 3 is 2.55 bits per heavy atom. The van der Waals surface area contributed by atoms with Crippen molar-refractivity contribution in [3.8, 4) is 0 Å². The number of halogens is 2. The van der Waals surface area contributed by atoms with E-state index in [1.54, 1.807) is 29.2 Å². The lowest BCUT2D eigenvalue weighted by molar-refractivity contribution is -0.120. The summed E-state index contributed by atoms with van der Waals surface area (Å²) < 4.78 is 0. The van der Waals surface area contributed by atoms with Gasteiger partial charge in [-0.05, 0) is 62.6 Å². The second-order valence-electron chi connectivity index (χ2n) is 7.62. The number of nitrogens with one attached hydrogen (secondary N) is 1. The molecule has 1 saturated carbocycles. The SMILES string of the molecule is Cc1ccc(N2C(=O)/C(=C/c3ccc(Cl)c(Cl)c3)N=C2SC(C)C(=O)NC2CC2)cc1. The van der Waals surface area contributed by atoms with Crippen molar-refractivity contribution in [3.05, 3.63) is 69.3 Å². The molecule has 2 aromatic carbocycles. The van der Waals surface area contributed by atoms with Crippen LogP contribution in [0.1, 0.15) is 30.9 Å². The van der Waals surface area contributed by atoms with Gasteiger partial charge in [-0.2, -0.15) is 0 Å². The average molecular weight is 474 g/mol. The van der Waals surface area contributed by atoms with E-state index < -0.39 is 0 Å². The van der Waals surface area contributed by atoms with E-state index >= 15 is 0 Å². The highest BCUT2D eigenvalue weighted by molar-refractivity contribution is 8.15. The maximum atomic E-state index is 13.3. The van der Waals surface area contributed by atoms with Crippen LogP contribution in [0.4, 0.5) is 5.69 Å². The molecule has 1 aliphatic heterocycles. The molecule has 1 unspecified atom stereocenters. The molecule has 160 valence electrons. The molecule has 0 aromatic heterocycles. The zero-order chi connectivity index (χ0) is 22.1. The summed E-state index contributed by atoms with van der Waals surface area (Å²) in [5, 5.41) is 3.94. The molecule has 1 aliphatic carbocycles. The number of aliphatic imine (C=N–C) groups is 1. The van der Waals surface area contributed by atoms with Gasteiger partial charge >= 0.3 is 0 Å². The van der Waals surface area contributed by atoms with Crippen molar-refractivity contribution >= 4 is 63.7 Å². The Morgan fingerprint density at radius 1 is 1.19 bits per heavy atom. The standard InChI is InChI=1S/C23H21Cl2N3O2S/c1-13-3-8-17(9-4-13)28-22(30)20(12-15-5-10-18(24)19(25)11-15)27-23(28)31-14(2)21(29)26-16-6-7-16/h3-5,8-12,14,16H,6-7H2,1-2H3,(H,26,29)/b20-12-. The van der Waals surface area contributed by atoms with Gasteiger partial charge in [-0.15, -0.1) is 0 Å². The summed E-state index contributed by atoms with van der Waals surface area (Å²) in [4.78, 5) is 31.9. The van der Waals surface area contributed by atoms with Crippen molar-refractivity contribution in [2.45, 2.75) is 38.0 Å². The number of anilines is 1. The number of carbonyl (C=O) groups excluding carboxylic acids is 2. The Morgan fingerprint density at radius 2 is 1.90 bits per heavy atom. The quantitative estimate of drug-likeness (QED) is 0.587. The van der Waals surface area contributed by atoms with Crippen LogP contribution in [-0.4, -0.2) is 28.3 Å². The molecule has 1 atom stereocenters. The van der Waals surface area contributed by atoms with Crippen LogP contribution in [0.15, 0.2) is 53.2 Å². The van der Waals surface area contributed by atoms with Crippen LogP contribution in [-0.2, 0) is 9.59 Å². The summed E-state index contributed by atoms with van der Waals surface area (Å²) >= 11 is 13.4. The van der Waals surface area contributed by atoms with Gasteiger partial charge in [0.15, 0.2) is 5.17 Å². The largest absolute Gasteiger partial charge is 0.352 e. The second-order valence-corrected chi connectivity index (χ2v) is 9.74. The fourth-order valence-corrected chi connectivity index (χ4v) is 4.26. The van der Waals surface area contributed by atoms with Crippen LogP contribution >= 0.6 is 35.0 Å². The summed E-state index contributed by atoms with van der Waals surface area (Å²) in [5.41, 5.74) is 2.78. The van der Waals surface area contributed by atoms with E-state index in [4.69, 9.17) is 23.2 Å². The highest BCUT2D eigenvalue weighted by Gasteiger charge is 2.35. The van der Waals surface area contributed by atoms with Gasteiger partial charge in [-0.1, -0.05) is 58.7 Å². The number of benzene rings is 2. The van der Waals surface area contributed by atoms with Crippen molar-refractivity contribution in [2.75, 3.05) is 4.90 Å². The summed E-state index contributed by atoms with van der Waals surface area (Å²) in [6, 6.07) is 13.0. The number of hydrogen-bond acceptors (Lipinski definition) is 4. The minimum absolute atomic E-state index is 0.0478. The third kappa shape index (κ3) is 5.14. The maximum absolute atomic E-state index is 13.3. The molecule has 0 bridgehead atoms. The van der Waals surface area contributed by atoms with E-state index in [-0.39, 0.29) is 28.8 Å². The van der Waals surface area contributed by atoms with E-state index in [0.717, 1.165) is 24.0 Å². The molecule has 4 rings (SSSR count). The molecular formula is C23H21Cl2N3O2S. The van der Waals surface area contributed by atoms with Crippen LogP contribution < -0.4 is 10.2 Å². The van der Waals surface area contributed by atoms with E-state index in [0.29, 0.717) is 20.9 Å². The fourth-order valence-electron chi connectivity index (χ4n) is 3.01. The number of thioether (sulfide) groups is 1. The van der Waals surface area contributed by atoms with Crippen molar-refractivity contribution in [1.82, 2.24) is 5.32 Å². The second kappa shape index (κ2) is 9.07. The predicted molar refractivity (Wildman–Crippen MR) is 129 cm³/mol. The number of hydrogen-bond donors (Lipinski definition) is 1. The van der Waals surface area contributed by atoms with Crippen LogP contribution in [0.3, 0.4) is 0 Å². The summed E-state index contributed by atoms with van der Waals surface area (Å²) in [6.07, 6.45) is 3.72. The molecule has 2 aliphatic rings. The molecule has 2 amide bonds. The van der Waals surface area contributed by atoms with E-state index in [1.807, 2.05) is 38.1 Å². The van der Waals surface area contributed by atoms with Gasteiger partial charge < -0.3 is 5.32 Å². The number of carbonyl (C=O) groups is 2. The number of amides is 2. The van der Waals surface area contributed by atoms with Gasteiger partial charge in [0.05, 0.1) is 21.0 Å². The summed E-state index contributed by atoms with van der Waals surface area (Å²) in [7, 11) is 0. The number of aryl methyl sites for hydroxylation is 1. The lowest BCUT2D eigenvalue weighted by Crippen LogP contribution is -2.36. The monoisotopic (exact) mass is 473 g/mol. The van der Waals surface area contributed by atoms with Gasteiger partial charge in [0.25, 0.3) is 5.91 Å². The Bertz CT molecular complexity index is 1090. The van der Waals surface area contributed by atoms with Gasteiger partial charge in [0.2, 0.25) is 5.91 Å². The Kier molecular flexibility index (Phi) is 6.42. The first-order valence-corrected chi connectivity index (χ1v) is 11.6. The molecule has 2 aromatic rings. The van der Waals surface area contributed by atoms with Gasteiger partial charge in [-0.25, -0.2) is 4.99 Å². The highest BCUT2D eigenvalue weighted by Crippen LogP contribution is 2.32. The maximum Gasteiger partial charge on any atom is 0.283 e. The first-order chi connectivity index (χ1) is 14.8. The van der Waals surface area contributed by atoms with Crippen molar-refractivity contribution in [2.24, 2.45) is 4.99 Å². The Hall–Kier alpha value is -2.28. The normalized spacial score (nSPS) is 18.3. The number of amidine groups is 1. The van der Waals surface area contributed by atoms with E-state index in [9.17, 15) is 9.59 Å². The topological polar surface area (TPSA) is 61.8 Å².